The number of aromatic nitrogens is 1. The first-order valence-corrected chi connectivity index (χ1v) is 13.2. The first-order chi connectivity index (χ1) is 17.6. The van der Waals surface area contributed by atoms with Crippen LogP contribution in [0.5, 0.6) is 0 Å². The summed E-state index contributed by atoms with van der Waals surface area (Å²) >= 11 is 6.06. The molecule has 6 nitrogen and oxygen atoms in total. The van der Waals surface area contributed by atoms with Crippen molar-refractivity contribution in [1.82, 2.24) is 14.8 Å². The van der Waals surface area contributed by atoms with Crippen LogP contribution in [0.3, 0.4) is 0 Å². The van der Waals surface area contributed by atoms with Crippen molar-refractivity contribution in [3.8, 4) is 0 Å². The van der Waals surface area contributed by atoms with Crippen molar-refractivity contribution in [3.05, 3.63) is 57.4 Å². The summed E-state index contributed by atoms with van der Waals surface area (Å²) in [6, 6.07) is 5.78. The van der Waals surface area contributed by atoms with E-state index >= 15 is 0 Å². The van der Waals surface area contributed by atoms with Crippen LogP contribution < -0.4 is 4.90 Å². The molecule has 0 radical (unpaired) electrons. The van der Waals surface area contributed by atoms with Gasteiger partial charge in [0.1, 0.15) is 5.15 Å². The maximum absolute atomic E-state index is 13.9. The first-order valence-electron chi connectivity index (χ1n) is 12.8. The Morgan fingerprint density at radius 2 is 1.78 bits per heavy atom. The lowest BCUT2D eigenvalue weighted by Gasteiger charge is -2.42. The molecule has 2 fully saturated rings. The number of carbonyl (C=O) groups is 2. The normalized spacial score (nSPS) is 18.5. The van der Waals surface area contributed by atoms with Gasteiger partial charge in [0.15, 0.2) is 0 Å². The predicted molar refractivity (Wildman–Crippen MR) is 135 cm³/mol. The standard InChI is InChI=1S/C27H30ClF3N4O2/c1-17-11-24(28)32-23-7-10-34(16-21(17)23)25(36)12-18-14-35(15-18)19-5-6-20(22(13-19)27(29,30)31)26(37)33-8-3-2-4-9-33/h5-6,11,13,18H,2-4,7-10,12,14-16H2,1H3. The van der Waals surface area contributed by atoms with Crippen molar-refractivity contribution in [2.75, 3.05) is 37.6 Å². The minimum atomic E-state index is -4.63. The second kappa shape index (κ2) is 10.2. The number of anilines is 1. The Kier molecular flexibility index (Phi) is 7.09. The van der Waals surface area contributed by atoms with Crippen molar-refractivity contribution in [1.29, 1.82) is 0 Å². The van der Waals surface area contributed by atoms with Gasteiger partial charge in [0.05, 0.1) is 11.1 Å². The minimum Gasteiger partial charge on any atom is -0.371 e. The van der Waals surface area contributed by atoms with E-state index in [2.05, 4.69) is 4.98 Å². The lowest BCUT2D eigenvalue weighted by Crippen LogP contribution is -2.49. The first kappa shape index (κ1) is 25.8. The number of amides is 2. The van der Waals surface area contributed by atoms with Crippen LogP contribution in [0, 0.1) is 12.8 Å². The van der Waals surface area contributed by atoms with E-state index in [0.717, 1.165) is 42.1 Å². The number of aryl methyl sites for hydroxylation is 1. The molecule has 2 saturated heterocycles. The third-order valence-electron chi connectivity index (χ3n) is 7.69. The Bertz CT molecular complexity index is 1210. The van der Waals surface area contributed by atoms with Gasteiger partial charge in [-0.25, -0.2) is 4.98 Å². The van der Waals surface area contributed by atoms with Crippen LogP contribution in [0.15, 0.2) is 24.3 Å². The number of alkyl halides is 3. The summed E-state index contributed by atoms with van der Waals surface area (Å²) in [7, 11) is 0. The highest BCUT2D eigenvalue weighted by molar-refractivity contribution is 6.29. The third kappa shape index (κ3) is 5.42. The maximum Gasteiger partial charge on any atom is 0.417 e. The second-order valence-electron chi connectivity index (χ2n) is 10.3. The van der Waals surface area contributed by atoms with Crippen molar-refractivity contribution >= 4 is 29.1 Å². The van der Waals surface area contributed by atoms with E-state index in [1.807, 2.05) is 16.7 Å². The number of rotatable bonds is 4. The summed E-state index contributed by atoms with van der Waals surface area (Å²) in [5.74, 6) is -0.438. The number of likely N-dealkylation sites (tertiary alicyclic amines) is 1. The molecule has 0 unspecified atom stereocenters. The summed E-state index contributed by atoms with van der Waals surface area (Å²) in [5, 5.41) is 0.461. The monoisotopic (exact) mass is 534 g/mol. The molecule has 1 aromatic heterocycles. The SMILES string of the molecule is Cc1cc(Cl)nc2c1CN(C(=O)CC1CN(c3ccc(C(=O)N4CCCCC4)c(C(F)(F)F)c3)C1)CC2. The van der Waals surface area contributed by atoms with E-state index in [1.165, 1.54) is 11.0 Å². The number of hydrogen-bond donors (Lipinski definition) is 0. The molecule has 0 aliphatic carbocycles. The summed E-state index contributed by atoms with van der Waals surface area (Å²) < 4.78 is 41.7. The Hall–Kier alpha value is -2.81. The number of benzene rings is 1. The van der Waals surface area contributed by atoms with E-state index in [1.54, 1.807) is 12.1 Å². The lowest BCUT2D eigenvalue weighted by molar-refractivity contribution is -0.138. The van der Waals surface area contributed by atoms with Gasteiger partial charge in [-0.05, 0) is 61.6 Å². The molecule has 2 aromatic rings. The molecular weight excluding hydrogens is 505 g/mol. The lowest BCUT2D eigenvalue weighted by atomic mass is 9.93. The number of carbonyl (C=O) groups excluding carboxylic acids is 2. The van der Waals surface area contributed by atoms with Crippen LogP contribution >= 0.6 is 11.6 Å². The molecule has 3 aliphatic heterocycles. The fourth-order valence-electron chi connectivity index (χ4n) is 5.57. The van der Waals surface area contributed by atoms with Crippen LogP contribution in [0.2, 0.25) is 5.15 Å². The fourth-order valence-corrected chi connectivity index (χ4v) is 5.84. The van der Waals surface area contributed by atoms with Gasteiger partial charge < -0.3 is 14.7 Å². The Morgan fingerprint density at radius 3 is 2.49 bits per heavy atom. The summed E-state index contributed by atoms with van der Waals surface area (Å²) in [4.78, 5) is 35.4. The zero-order chi connectivity index (χ0) is 26.3. The summed E-state index contributed by atoms with van der Waals surface area (Å²) in [6.07, 6.45) is -1.00. The van der Waals surface area contributed by atoms with Crippen molar-refractivity contribution in [2.45, 2.75) is 51.7 Å². The van der Waals surface area contributed by atoms with E-state index in [0.29, 0.717) is 63.0 Å². The van der Waals surface area contributed by atoms with E-state index < -0.39 is 17.6 Å². The molecule has 1 aromatic carbocycles. The summed E-state index contributed by atoms with van der Waals surface area (Å²) in [5.41, 5.74) is 2.24. The molecule has 0 atom stereocenters. The topological polar surface area (TPSA) is 56.8 Å². The van der Waals surface area contributed by atoms with Gasteiger partial charge in [0, 0.05) is 69.4 Å². The summed E-state index contributed by atoms with van der Waals surface area (Å²) in [6.45, 7) is 5.04. The molecule has 2 amide bonds. The van der Waals surface area contributed by atoms with Gasteiger partial charge in [-0.1, -0.05) is 11.6 Å². The average molecular weight is 535 g/mol. The van der Waals surface area contributed by atoms with Crippen LogP contribution in [-0.4, -0.2) is 59.3 Å². The molecular formula is C27H30ClF3N4O2. The zero-order valence-corrected chi connectivity index (χ0v) is 21.5. The Labute approximate surface area is 219 Å². The largest absolute Gasteiger partial charge is 0.417 e. The van der Waals surface area contributed by atoms with Crippen molar-refractivity contribution < 1.29 is 22.8 Å². The third-order valence-corrected chi connectivity index (χ3v) is 7.88. The predicted octanol–water partition coefficient (Wildman–Crippen LogP) is 5.10. The molecule has 5 rings (SSSR count). The Morgan fingerprint density at radius 1 is 1.05 bits per heavy atom. The molecule has 4 heterocycles. The highest BCUT2D eigenvalue weighted by atomic mass is 35.5. The second-order valence-corrected chi connectivity index (χ2v) is 10.7. The molecule has 10 heteroatoms. The average Bonchev–Trinajstić information content (AvgIpc) is 2.85. The van der Waals surface area contributed by atoms with E-state index in [-0.39, 0.29) is 17.4 Å². The number of fused-ring (bicyclic) bond motifs is 1. The van der Waals surface area contributed by atoms with Gasteiger partial charge in [-0.15, -0.1) is 0 Å². The van der Waals surface area contributed by atoms with Gasteiger partial charge in [-0.2, -0.15) is 13.2 Å². The van der Waals surface area contributed by atoms with Gasteiger partial charge in [-0.3, -0.25) is 9.59 Å². The number of hydrogen-bond acceptors (Lipinski definition) is 4. The fraction of sp³-hybridized carbons (Fsp3) is 0.519. The molecule has 3 aliphatic rings. The number of halogens is 4. The van der Waals surface area contributed by atoms with Gasteiger partial charge >= 0.3 is 6.18 Å². The maximum atomic E-state index is 13.9. The number of piperidine rings is 1. The van der Waals surface area contributed by atoms with Crippen LogP contribution in [-0.2, 0) is 23.9 Å². The Balaban J connectivity index is 1.21. The van der Waals surface area contributed by atoms with Crippen LogP contribution in [0.4, 0.5) is 18.9 Å². The quantitative estimate of drug-likeness (QED) is 0.512. The smallest absolute Gasteiger partial charge is 0.371 e. The van der Waals surface area contributed by atoms with Crippen molar-refractivity contribution in [3.63, 3.8) is 0 Å². The highest BCUT2D eigenvalue weighted by Gasteiger charge is 2.38. The molecule has 0 saturated carbocycles. The highest BCUT2D eigenvalue weighted by Crippen LogP contribution is 2.37. The molecule has 0 bridgehead atoms. The molecule has 0 N–H and O–H groups in total. The number of pyridine rings is 1. The van der Waals surface area contributed by atoms with Crippen LogP contribution in [0.1, 0.15) is 58.4 Å². The number of nitrogens with zero attached hydrogens (tertiary/aromatic N) is 4. The van der Waals surface area contributed by atoms with E-state index in [4.69, 9.17) is 11.6 Å². The van der Waals surface area contributed by atoms with E-state index in [9.17, 15) is 22.8 Å². The van der Waals surface area contributed by atoms with Gasteiger partial charge in [0.2, 0.25) is 5.91 Å². The minimum absolute atomic E-state index is 0.0445. The van der Waals surface area contributed by atoms with Crippen molar-refractivity contribution in [2.24, 2.45) is 5.92 Å². The van der Waals surface area contributed by atoms with Crippen LogP contribution in [0.25, 0.3) is 0 Å². The molecule has 198 valence electrons. The molecule has 0 spiro atoms. The zero-order valence-electron chi connectivity index (χ0n) is 20.8. The molecule has 37 heavy (non-hydrogen) atoms. The van der Waals surface area contributed by atoms with Gasteiger partial charge in [0.25, 0.3) is 5.91 Å².